The number of imidazole rings is 1. The van der Waals surface area contributed by atoms with E-state index in [2.05, 4.69) is 22.1 Å². The van der Waals surface area contributed by atoms with Crippen molar-refractivity contribution in [2.24, 2.45) is 0 Å². The van der Waals surface area contributed by atoms with Gasteiger partial charge in [0.2, 0.25) is 0 Å². The molecule has 0 saturated heterocycles. The molecule has 0 bridgehead atoms. The molecule has 1 aromatic rings. The van der Waals surface area contributed by atoms with Crippen LogP contribution in [0.1, 0.15) is 13.3 Å². The van der Waals surface area contributed by atoms with Gasteiger partial charge in [0.15, 0.2) is 0 Å². The molecule has 1 unspecified atom stereocenters. The van der Waals surface area contributed by atoms with Crippen LogP contribution >= 0.6 is 0 Å². The Balaban J connectivity index is 2.28. The fourth-order valence-electron chi connectivity index (χ4n) is 1.82. The summed E-state index contributed by atoms with van der Waals surface area (Å²) in [6.07, 6.45) is 6.41. The third kappa shape index (κ3) is 5.30. The van der Waals surface area contributed by atoms with Crippen molar-refractivity contribution in [3.05, 3.63) is 18.7 Å². The van der Waals surface area contributed by atoms with Gasteiger partial charge in [-0.3, -0.25) is 0 Å². The van der Waals surface area contributed by atoms with Crippen LogP contribution in [0.4, 0.5) is 4.79 Å². The second kappa shape index (κ2) is 7.78. The molecule has 6 nitrogen and oxygen atoms in total. The average molecular weight is 267 g/mol. The monoisotopic (exact) mass is 267 g/mol. The molecule has 0 aromatic carbocycles. The molecular formula is C13H25N5O. The zero-order chi connectivity index (χ0) is 14.3. The van der Waals surface area contributed by atoms with Gasteiger partial charge in [0.25, 0.3) is 0 Å². The zero-order valence-corrected chi connectivity index (χ0v) is 12.3. The second-order valence-electron chi connectivity index (χ2n) is 4.93. The van der Waals surface area contributed by atoms with E-state index in [0.717, 1.165) is 13.0 Å². The van der Waals surface area contributed by atoms with E-state index in [9.17, 15) is 4.79 Å². The highest BCUT2D eigenvalue weighted by atomic mass is 16.2. The molecule has 0 fully saturated rings. The minimum Gasteiger partial charge on any atom is -0.336 e. The molecule has 0 aliphatic carbocycles. The molecule has 19 heavy (non-hydrogen) atoms. The van der Waals surface area contributed by atoms with Crippen molar-refractivity contribution in [2.45, 2.75) is 25.9 Å². The minimum absolute atomic E-state index is 0.0274. The van der Waals surface area contributed by atoms with Gasteiger partial charge in [-0.2, -0.15) is 0 Å². The maximum Gasteiger partial charge on any atom is 0.317 e. The third-order valence-electron chi connectivity index (χ3n) is 3.29. The van der Waals surface area contributed by atoms with Crippen LogP contribution in [0, 0.1) is 0 Å². The topological polar surface area (TPSA) is 53.4 Å². The van der Waals surface area contributed by atoms with E-state index < -0.39 is 0 Å². The van der Waals surface area contributed by atoms with Crippen molar-refractivity contribution in [3.8, 4) is 0 Å². The maximum absolute atomic E-state index is 11.9. The Hall–Kier alpha value is -1.56. The summed E-state index contributed by atoms with van der Waals surface area (Å²) in [5, 5.41) is 2.97. The molecular weight excluding hydrogens is 242 g/mol. The molecule has 0 radical (unpaired) electrons. The number of nitrogens with zero attached hydrogens (tertiary/aromatic N) is 4. The van der Waals surface area contributed by atoms with Gasteiger partial charge in [0.05, 0.1) is 6.33 Å². The van der Waals surface area contributed by atoms with E-state index in [4.69, 9.17) is 0 Å². The lowest BCUT2D eigenvalue weighted by molar-refractivity contribution is 0.200. The number of nitrogens with one attached hydrogen (secondary N) is 1. The summed E-state index contributed by atoms with van der Waals surface area (Å²) in [4.78, 5) is 19.7. The van der Waals surface area contributed by atoms with Crippen LogP contribution in [-0.4, -0.2) is 65.7 Å². The Morgan fingerprint density at radius 3 is 2.68 bits per heavy atom. The van der Waals surface area contributed by atoms with Gasteiger partial charge in [-0.1, -0.05) is 6.92 Å². The lowest BCUT2D eigenvalue weighted by atomic mass is 10.2. The van der Waals surface area contributed by atoms with Crippen LogP contribution in [0.15, 0.2) is 18.7 Å². The number of hydrogen-bond acceptors (Lipinski definition) is 3. The fourth-order valence-corrected chi connectivity index (χ4v) is 1.82. The highest BCUT2D eigenvalue weighted by Crippen LogP contribution is 1.97. The van der Waals surface area contributed by atoms with Gasteiger partial charge in [-0.05, 0) is 20.5 Å². The Labute approximate surface area is 115 Å². The highest BCUT2D eigenvalue weighted by molar-refractivity contribution is 5.73. The predicted molar refractivity (Wildman–Crippen MR) is 76.0 cm³/mol. The van der Waals surface area contributed by atoms with E-state index in [0.29, 0.717) is 19.1 Å². The maximum atomic E-state index is 11.9. The molecule has 0 aliphatic heterocycles. The SMILES string of the molecule is CCC(CNC(=O)N(C)CCn1ccnc1)N(C)C. The normalized spacial score (nSPS) is 12.5. The van der Waals surface area contributed by atoms with Crippen molar-refractivity contribution < 1.29 is 4.79 Å². The van der Waals surface area contributed by atoms with Gasteiger partial charge >= 0.3 is 6.03 Å². The van der Waals surface area contributed by atoms with Crippen LogP contribution < -0.4 is 5.32 Å². The van der Waals surface area contributed by atoms with E-state index in [-0.39, 0.29) is 6.03 Å². The Bertz CT molecular complexity index is 363. The van der Waals surface area contributed by atoms with E-state index in [1.807, 2.05) is 31.9 Å². The Kier molecular flexibility index (Phi) is 6.35. The summed E-state index contributed by atoms with van der Waals surface area (Å²) < 4.78 is 1.96. The lowest BCUT2D eigenvalue weighted by Gasteiger charge is -2.25. The Morgan fingerprint density at radius 1 is 1.42 bits per heavy atom. The van der Waals surface area contributed by atoms with Crippen molar-refractivity contribution >= 4 is 6.03 Å². The number of carbonyl (C=O) groups is 1. The molecule has 0 saturated carbocycles. The number of hydrogen-bond donors (Lipinski definition) is 1. The highest BCUT2D eigenvalue weighted by Gasteiger charge is 2.12. The fraction of sp³-hybridized carbons (Fsp3) is 0.692. The Morgan fingerprint density at radius 2 is 2.16 bits per heavy atom. The summed E-state index contributed by atoms with van der Waals surface area (Å²) >= 11 is 0. The standard InChI is InChI=1S/C13H25N5O/c1-5-12(16(2)3)10-15-13(19)17(4)8-9-18-7-6-14-11-18/h6-7,11-12H,5,8-10H2,1-4H3,(H,15,19). The molecule has 2 amide bonds. The second-order valence-corrected chi connectivity index (χ2v) is 4.93. The van der Waals surface area contributed by atoms with Crippen LogP contribution in [0.25, 0.3) is 0 Å². The molecule has 1 rings (SSSR count). The van der Waals surface area contributed by atoms with E-state index >= 15 is 0 Å². The van der Waals surface area contributed by atoms with Crippen molar-refractivity contribution in [1.82, 2.24) is 24.7 Å². The molecule has 6 heteroatoms. The summed E-state index contributed by atoms with van der Waals surface area (Å²) in [6.45, 7) is 4.23. The van der Waals surface area contributed by atoms with Crippen LogP contribution in [0.3, 0.4) is 0 Å². The summed E-state index contributed by atoms with van der Waals surface area (Å²) in [5.41, 5.74) is 0. The van der Waals surface area contributed by atoms with Crippen molar-refractivity contribution in [2.75, 3.05) is 34.2 Å². The number of rotatable bonds is 7. The van der Waals surface area contributed by atoms with Crippen molar-refractivity contribution in [1.29, 1.82) is 0 Å². The minimum atomic E-state index is -0.0274. The average Bonchev–Trinajstić information content (AvgIpc) is 2.89. The molecule has 1 N–H and O–H groups in total. The molecule has 108 valence electrons. The number of urea groups is 1. The van der Waals surface area contributed by atoms with Gasteiger partial charge in [-0.25, -0.2) is 9.78 Å². The smallest absolute Gasteiger partial charge is 0.317 e. The van der Waals surface area contributed by atoms with Gasteiger partial charge in [-0.15, -0.1) is 0 Å². The molecule has 0 spiro atoms. The van der Waals surface area contributed by atoms with Crippen molar-refractivity contribution in [3.63, 3.8) is 0 Å². The molecule has 1 aromatic heterocycles. The first-order valence-corrected chi connectivity index (χ1v) is 6.65. The first-order chi connectivity index (χ1) is 9.04. The molecule has 1 atom stereocenters. The number of likely N-dealkylation sites (N-methyl/N-ethyl adjacent to an activating group) is 2. The number of amides is 2. The van der Waals surface area contributed by atoms with Crippen LogP contribution in [0.2, 0.25) is 0 Å². The van der Waals surface area contributed by atoms with Gasteiger partial charge < -0.3 is 19.7 Å². The predicted octanol–water partition coefficient (Wildman–Crippen LogP) is 0.865. The first kappa shape index (κ1) is 15.5. The quantitative estimate of drug-likeness (QED) is 0.797. The van der Waals surface area contributed by atoms with E-state index in [1.165, 1.54) is 0 Å². The first-order valence-electron chi connectivity index (χ1n) is 6.65. The lowest BCUT2D eigenvalue weighted by Crippen LogP contribution is -2.45. The van der Waals surface area contributed by atoms with Gasteiger partial charge in [0, 0.05) is 45.1 Å². The summed E-state index contributed by atoms with van der Waals surface area (Å²) in [5.74, 6) is 0. The largest absolute Gasteiger partial charge is 0.336 e. The third-order valence-corrected chi connectivity index (χ3v) is 3.29. The molecule has 1 heterocycles. The number of aromatic nitrogens is 2. The summed E-state index contributed by atoms with van der Waals surface area (Å²) in [7, 11) is 5.87. The zero-order valence-electron chi connectivity index (χ0n) is 12.3. The van der Waals surface area contributed by atoms with Crippen LogP contribution in [-0.2, 0) is 6.54 Å². The van der Waals surface area contributed by atoms with Gasteiger partial charge in [0.1, 0.15) is 0 Å². The van der Waals surface area contributed by atoms with Crippen LogP contribution in [0.5, 0.6) is 0 Å². The summed E-state index contributed by atoms with van der Waals surface area (Å²) in [6, 6.07) is 0.353. The molecule has 0 aliphatic rings. The number of carbonyl (C=O) groups excluding carboxylic acids is 1. The van der Waals surface area contributed by atoms with E-state index in [1.54, 1.807) is 17.4 Å².